The molecule has 0 fully saturated rings. The Labute approximate surface area is 151 Å². The lowest BCUT2D eigenvalue weighted by atomic mass is 10.1. The van der Waals surface area contributed by atoms with Gasteiger partial charge in [-0.2, -0.15) is 4.39 Å². The van der Waals surface area contributed by atoms with Crippen molar-refractivity contribution in [3.05, 3.63) is 60.5 Å². The molecule has 2 rings (SSSR count). The topological polar surface area (TPSA) is 55.2 Å². The first kappa shape index (κ1) is 19.7. The van der Waals surface area contributed by atoms with E-state index in [-0.39, 0.29) is 29.8 Å². The summed E-state index contributed by atoms with van der Waals surface area (Å²) in [5, 5.41) is 9.20. The quantitative estimate of drug-likeness (QED) is 0.526. The van der Waals surface area contributed by atoms with Crippen molar-refractivity contribution in [1.82, 2.24) is 9.97 Å². The summed E-state index contributed by atoms with van der Waals surface area (Å²) >= 11 is 0. The number of nitrogens with zero attached hydrogens (tertiary/aromatic N) is 2. The van der Waals surface area contributed by atoms with Gasteiger partial charge in [0.05, 0.1) is 11.7 Å². The molecule has 0 aliphatic carbocycles. The Balaban J connectivity index is 2.07. The Morgan fingerprint density at radius 3 is 2.62 bits per heavy atom. The van der Waals surface area contributed by atoms with Crippen LogP contribution in [0.25, 0.3) is 17.5 Å². The van der Waals surface area contributed by atoms with Gasteiger partial charge in [-0.1, -0.05) is 24.8 Å². The van der Waals surface area contributed by atoms with Crippen molar-refractivity contribution in [2.45, 2.75) is 32.3 Å². The predicted molar refractivity (Wildman–Crippen MR) is 97.6 cm³/mol. The minimum absolute atomic E-state index is 0.0269. The van der Waals surface area contributed by atoms with E-state index in [1.807, 2.05) is 12.2 Å². The van der Waals surface area contributed by atoms with E-state index in [0.717, 1.165) is 24.8 Å². The number of rotatable bonds is 9. The van der Waals surface area contributed by atoms with Crippen molar-refractivity contribution in [2.24, 2.45) is 0 Å². The molecule has 1 unspecified atom stereocenters. The Kier molecular flexibility index (Phi) is 7.41. The molecule has 1 atom stereocenters. The Hall–Kier alpha value is -2.60. The molecule has 0 bridgehead atoms. The van der Waals surface area contributed by atoms with E-state index >= 15 is 0 Å². The lowest BCUT2D eigenvalue weighted by Gasteiger charge is -2.08. The second kappa shape index (κ2) is 9.77. The van der Waals surface area contributed by atoms with Gasteiger partial charge in [-0.3, -0.25) is 0 Å². The van der Waals surface area contributed by atoms with E-state index in [0.29, 0.717) is 0 Å². The number of hydrogen-bond donors (Lipinski definition) is 1. The van der Waals surface area contributed by atoms with Gasteiger partial charge in [0.1, 0.15) is 6.61 Å². The standard InChI is InChI=1S/C20H22F2N2O2/c1-3-11-26-17-10-9-16(18(21)19(17)22)20-23-12-15(13-24-20)8-6-4-5-7-14(2)25/h3,6,8-10,12-14,25H,1,4-5,7,11H2,2H3. The highest BCUT2D eigenvalue weighted by Gasteiger charge is 2.17. The van der Waals surface area contributed by atoms with Crippen LogP contribution in [0.4, 0.5) is 8.78 Å². The van der Waals surface area contributed by atoms with Crippen LogP contribution in [-0.2, 0) is 0 Å². The van der Waals surface area contributed by atoms with Gasteiger partial charge in [0, 0.05) is 18.0 Å². The van der Waals surface area contributed by atoms with Crippen molar-refractivity contribution >= 4 is 6.08 Å². The number of hydrogen-bond acceptors (Lipinski definition) is 4. The van der Waals surface area contributed by atoms with Gasteiger partial charge in [-0.25, -0.2) is 14.4 Å². The predicted octanol–water partition coefficient (Wildman–Crippen LogP) is 4.55. The van der Waals surface area contributed by atoms with Gasteiger partial charge in [-0.15, -0.1) is 0 Å². The normalized spacial score (nSPS) is 12.3. The Morgan fingerprint density at radius 2 is 1.96 bits per heavy atom. The molecule has 4 nitrogen and oxygen atoms in total. The van der Waals surface area contributed by atoms with Crippen LogP contribution in [0.5, 0.6) is 5.75 Å². The molecule has 0 aliphatic heterocycles. The van der Waals surface area contributed by atoms with Crippen LogP contribution in [0, 0.1) is 11.6 Å². The third kappa shape index (κ3) is 5.46. The molecule has 0 aliphatic rings. The average Bonchev–Trinajstić information content (AvgIpc) is 2.63. The molecule has 0 amide bonds. The number of aliphatic hydroxyl groups excluding tert-OH is 1. The zero-order chi connectivity index (χ0) is 18.9. The lowest BCUT2D eigenvalue weighted by Crippen LogP contribution is -2.00. The number of aliphatic hydroxyl groups is 1. The monoisotopic (exact) mass is 360 g/mol. The average molecular weight is 360 g/mol. The van der Waals surface area contributed by atoms with Crippen LogP contribution in [0.1, 0.15) is 31.7 Å². The van der Waals surface area contributed by atoms with Crippen molar-refractivity contribution in [2.75, 3.05) is 6.61 Å². The highest BCUT2D eigenvalue weighted by atomic mass is 19.2. The van der Waals surface area contributed by atoms with E-state index in [2.05, 4.69) is 16.5 Å². The highest BCUT2D eigenvalue weighted by Crippen LogP contribution is 2.28. The molecular formula is C20H22F2N2O2. The van der Waals surface area contributed by atoms with Gasteiger partial charge in [0.15, 0.2) is 17.4 Å². The molecule has 1 heterocycles. The van der Waals surface area contributed by atoms with Crippen LogP contribution in [0.3, 0.4) is 0 Å². The van der Waals surface area contributed by atoms with E-state index in [4.69, 9.17) is 4.74 Å². The Bertz CT molecular complexity index is 759. The molecule has 2 aromatic rings. The van der Waals surface area contributed by atoms with E-state index < -0.39 is 11.6 Å². The molecular weight excluding hydrogens is 338 g/mol. The minimum Gasteiger partial charge on any atom is -0.486 e. The number of aromatic nitrogens is 2. The third-order valence-corrected chi connectivity index (χ3v) is 3.62. The lowest BCUT2D eigenvalue weighted by molar-refractivity contribution is 0.182. The molecule has 26 heavy (non-hydrogen) atoms. The van der Waals surface area contributed by atoms with Crippen LogP contribution >= 0.6 is 0 Å². The highest BCUT2D eigenvalue weighted by molar-refractivity contribution is 5.59. The first-order valence-electron chi connectivity index (χ1n) is 8.41. The first-order chi connectivity index (χ1) is 12.5. The molecule has 0 spiro atoms. The van der Waals surface area contributed by atoms with Gasteiger partial charge in [0.25, 0.3) is 0 Å². The van der Waals surface area contributed by atoms with Gasteiger partial charge >= 0.3 is 0 Å². The van der Waals surface area contributed by atoms with Gasteiger partial charge < -0.3 is 9.84 Å². The number of allylic oxidation sites excluding steroid dienone is 1. The zero-order valence-corrected chi connectivity index (χ0v) is 14.7. The summed E-state index contributed by atoms with van der Waals surface area (Å²) in [5.74, 6) is -2.20. The maximum atomic E-state index is 14.2. The fourth-order valence-electron chi connectivity index (χ4n) is 2.28. The first-order valence-corrected chi connectivity index (χ1v) is 8.41. The van der Waals surface area contributed by atoms with Crippen LogP contribution in [0.2, 0.25) is 0 Å². The summed E-state index contributed by atoms with van der Waals surface area (Å²) in [6, 6.07) is 2.73. The SMILES string of the molecule is C=CCOc1ccc(-c2ncc(C=CCCCC(C)O)cn2)c(F)c1F. The van der Waals surface area contributed by atoms with E-state index in [1.165, 1.54) is 18.2 Å². The number of unbranched alkanes of at least 4 members (excludes halogenated alkanes) is 1. The summed E-state index contributed by atoms with van der Waals surface area (Å²) in [5.41, 5.74) is 0.735. The zero-order valence-electron chi connectivity index (χ0n) is 14.7. The summed E-state index contributed by atoms with van der Waals surface area (Å²) in [7, 11) is 0. The van der Waals surface area contributed by atoms with Crippen molar-refractivity contribution in [3.63, 3.8) is 0 Å². The van der Waals surface area contributed by atoms with Crippen LogP contribution in [0.15, 0.2) is 43.3 Å². The minimum atomic E-state index is -1.07. The number of halogens is 2. The molecule has 138 valence electrons. The fourth-order valence-corrected chi connectivity index (χ4v) is 2.28. The largest absolute Gasteiger partial charge is 0.486 e. The van der Waals surface area contributed by atoms with Crippen molar-refractivity contribution in [1.29, 1.82) is 0 Å². The fraction of sp³-hybridized carbons (Fsp3) is 0.300. The van der Waals surface area contributed by atoms with Crippen molar-refractivity contribution in [3.8, 4) is 17.1 Å². The molecule has 1 N–H and O–H groups in total. The Morgan fingerprint density at radius 1 is 1.23 bits per heavy atom. The summed E-state index contributed by atoms with van der Waals surface area (Å²) in [6.07, 6.45) is 10.5. The van der Waals surface area contributed by atoms with E-state index in [9.17, 15) is 13.9 Å². The molecule has 1 aromatic heterocycles. The molecule has 1 aromatic carbocycles. The van der Waals surface area contributed by atoms with Crippen molar-refractivity contribution < 1.29 is 18.6 Å². The molecule has 0 saturated heterocycles. The van der Waals surface area contributed by atoms with Gasteiger partial charge in [-0.05, 0) is 38.3 Å². The second-order valence-corrected chi connectivity index (χ2v) is 5.86. The summed E-state index contributed by atoms with van der Waals surface area (Å²) in [6.45, 7) is 5.31. The van der Waals surface area contributed by atoms with Crippen LogP contribution in [-0.4, -0.2) is 27.8 Å². The smallest absolute Gasteiger partial charge is 0.201 e. The number of benzene rings is 1. The van der Waals surface area contributed by atoms with Crippen LogP contribution < -0.4 is 4.74 Å². The molecule has 0 saturated carbocycles. The third-order valence-electron chi connectivity index (χ3n) is 3.62. The second-order valence-electron chi connectivity index (χ2n) is 5.86. The van der Waals surface area contributed by atoms with Gasteiger partial charge in [0.2, 0.25) is 5.82 Å². The molecule has 0 radical (unpaired) electrons. The number of ether oxygens (including phenoxy) is 1. The maximum absolute atomic E-state index is 14.2. The van der Waals surface area contributed by atoms with E-state index in [1.54, 1.807) is 19.3 Å². The maximum Gasteiger partial charge on any atom is 0.201 e. The summed E-state index contributed by atoms with van der Waals surface area (Å²) < 4.78 is 33.3. The summed E-state index contributed by atoms with van der Waals surface area (Å²) in [4.78, 5) is 8.21. The molecule has 6 heteroatoms.